The Labute approximate surface area is 170 Å². The van der Waals surface area contributed by atoms with E-state index in [0.29, 0.717) is 13.0 Å². The summed E-state index contributed by atoms with van der Waals surface area (Å²) in [6, 6.07) is 16.6. The van der Waals surface area contributed by atoms with Gasteiger partial charge in [0, 0.05) is 13.0 Å². The zero-order valence-electron chi connectivity index (χ0n) is 16.3. The van der Waals surface area contributed by atoms with Gasteiger partial charge in [0.15, 0.2) is 0 Å². The summed E-state index contributed by atoms with van der Waals surface area (Å²) in [5.74, 6) is 1.15. The first-order valence-corrected chi connectivity index (χ1v) is 10.9. The van der Waals surface area contributed by atoms with E-state index in [0.717, 1.165) is 48.5 Å². The van der Waals surface area contributed by atoms with E-state index in [4.69, 9.17) is 4.74 Å². The molecule has 1 amide bonds. The third kappa shape index (κ3) is 4.20. The minimum absolute atomic E-state index is 0.200. The maximum atomic E-state index is 12.8. The topological polar surface area (TPSA) is 42.4 Å². The van der Waals surface area contributed by atoms with E-state index in [1.165, 1.54) is 10.3 Å². The number of amides is 1. The first-order valence-electron chi connectivity index (χ1n) is 10.1. The second-order valence-corrected chi connectivity index (χ2v) is 8.29. The standard InChI is InChI=1S/C23H26N2O2S/c1-2-27-18-14-12-17(13-15-18)20-8-6-16-25(20)23(26)11-5-10-22-24-19-7-3-4-9-21(19)28-22/h3-4,7,9,12-15,20H,2,5-6,8,10-11,16H2,1H3. The van der Waals surface area contributed by atoms with Crippen molar-refractivity contribution in [3.63, 3.8) is 0 Å². The lowest BCUT2D eigenvalue weighted by Crippen LogP contribution is -2.30. The summed E-state index contributed by atoms with van der Waals surface area (Å²) in [5.41, 5.74) is 2.27. The number of hydrogen-bond acceptors (Lipinski definition) is 4. The molecule has 1 saturated heterocycles. The van der Waals surface area contributed by atoms with Crippen LogP contribution in [-0.2, 0) is 11.2 Å². The number of likely N-dealkylation sites (tertiary alicyclic amines) is 1. The van der Waals surface area contributed by atoms with E-state index in [-0.39, 0.29) is 11.9 Å². The van der Waals surface area contributed by atoms with Crippen molar-refractivity contribution < 1.29 is 9.53 Å². The molecule has 0 spiro atoms. The van der Waals surface area contributed by atoms with Gasteiger partial charge >= 0.3 is 0 Å². The molecule has 1 aliphatic heterocycles. The molecule has 0 radical (unpaired) electrons. The molecule has 28 heavy (non-hydrogen) atoms. The van der Waals surface area contributed by atoms with Crippen LogP contribution >= 0.6 is 11.3 Å². The van der Waals surface area contributed by atoms with Crippen LogP contribution in [0.3, 0.4) is 0 Å². The number of rotatable bonds is 7. The molecule has 4 nitrogen and oxygen atoms in total. The summed E-state index contributed by atoms with van der Waals surface area (Å²) in [7, 11) is 0. The Morgan fingerprint density at radius 3 is 2.82 bits per heavy atom. The molecule has 3 aromatic rings. The number of hydrogen-bond donors (Lipinski definition) is 0. The van der Waals surface area contributed by atoms with Crippen LogP contribution in [0.15, 0.2) is 48.5 Å². The molecule has 1 aliphatic rings. The zero-order valence-corrected chi connectivity index (χ0v) is 17.1. The summed E-state index contributed by atoms with van der Waals surface area (Å²) < 4.78 is 6.75. The fraction of sp³-hybridized carbons (Fsp3) is 0.391. The quantitative estimate of drug-likeness (QED) is 0.540. The van der Waals surface area contributed by atoms with Crippen LogP contribution in [-0.4, -0.2) is 28.9 Å². The fourth-order valence-electron chi connectivity index (χ4n) is 3.93. The molecule has 5 heteroatoms. The van der Waals surface area contributed by atoms with Crippen LogP contribution in [0.4, 0.5) is 0 Å². The fourth-order valence-corrected chi connectivity index (χ4v) is 4.94. The van der Waals surface area contributed by atoms with Crippen molar-refractivity contribution in [2.75, 3.05) is 13.2 Å². The highest BCUT2D eigenvalue weighted by Gasteiger charge is 2.29. The molecule has 0 saturated carbocycles. The Morgan fingerprint density at radius 1 is 1.21 bits per heavy atom. The highest BCUT2D eigenvalue weighted by molar-refractivity contribution is 7.18. The van der Waals surface area contributed by atoms with Crippen molar-refractivity contribution >= 4 is 27.5 Å². The number of ether oxygens (including phenoxy) is 1. The third-order valence-electron chi connectivity index (χ3n) is 5.27. The summed E-state index contributed by atoms with van der Waals surface area (Å²) in [5, 5.41) is 1.12. The number of fused-ring (bicyclic) bond motifs is 1. The van der Waals surface area contributed by atoms with Gasteiger partial charge in [-0.05, 0) is 62.4 Å². The average molecular weight is 395 g/mol. The SMILES string of the molecule is CCOc1ccc(C2CCCN2C(=O)CCCc2nc3ccccc3s2)cc1. The van der Waals surface area contributed by atoms with Crippen molar-refractivity contribution in [3.8, 4) is 5.75 Å². The number of carbonyl (C=O) groups is 1. The molecule has 1 unspecified atom stereocenters. The van der Waals surface area contributed by atoms with E-state index in [1.807, 2.05) is 37.3 Å². The first kappa shape index (κ1) is 18.9. The van der Waals surface area contributed by atoms with Gasteiger partial charge in [0.05, 0.1) is 27.9 Å². The number of para-hydroxylation sites is 1. The zero-order chi connectivity index (χ0) is 19.3. The van der Waals surface area contributed by atoms with Gasteiger partial charge in [0.2, 0.25) is 5.91 Å². The van der Waals surface area contributed by atoms with Crippen molar-refractivity contribution in [2.45, 2.75) is 45.1 Å². The van der Waals surface area contributed by atoms with Gasteiger partial charge in [0.1, 0.15) is 5.75 Å². The summed E-state index contributed by atoms with van der Waals surface area (Å²) in [4.78, 5) is 19.6. The Kier molecular flexibility index (Phi) is 5.91. The molecule has 0 bridgehead atoms. The van der Waals surface area contributed by atoms with Gasteiger partial charge in [-0.3, -0.25) is 4.79 Å². The number of benzene rings is 2. The van der Waals surface area contributed by atoms with Crippen LogP contribution in [0.1, 0.15) is 49.2 Å². The maximum Gasteiger partial charge on any atom is 0.223 e. The Morgan fingerprint density at radius 2 is 2.04 bits per heavy atom. The molecular formula is C23H26N2O2S. The molecular weight excluding hydrogens is 368 g/mol. The van der Waals surface area contributed by atoms with Gasteiger partial charge in [-0.1, -0.05) is 24.3 Å². The van der Waals surface area contributed by atoms with E-state index >= 15 is 0 Å². The molecule has 1 atom stereocenters. The maximum absolute atomic E-state index is 12.8. The monoisotopic (exact) mass is 394 g/mol. The predicted octanol–water partition coefficient (Wildman–Crippen LogP) is 5.38. The van der Waals surface area contributed by atoms with E-state index in [2.05, 4.69) is 28.1 Å². The van der Waals surface area contributed by atoms with Crippen molar-refractivity contribution in [1.29, 1.82) is 0 Å². The van der Waals surface area contributed by atoms with E-state index in [1.54, 1.807) is 11.3 Å². The lowest BCUT2D eigenvalue weighted by Gasteiger charge is -2.25. The van der Waals surface area contributed by atoms with Crippen LogP contribution < -0.4 is 4.74 Å². The van der Waals surface area contributed by atoms with Crippen LogP contribution in [0.5, 0.6) is 5.75 Å². The predicted molar refractivity (Wildman–Crippen MR) is 114 cm³/mol. The molecule has 2 aromatic carbocycles. The molecule has 2 heterocycles. The van der Waals surface area contributed by atoms with Crippen LogP contribution in [0.25, 0.3) is 10.2 Å². The minimum Gasteiger partial charge on any atom is -0.494 e. The number of nitrogens with zero attached hydrogens (tertiary/aromatic N) is 2. The minimum atomic E-state index is 0.200. The lowest BCUT2D eigenvalue weighted by molar-refractivity contribution is -0.132. The Hall–Kier alpha value is -2.40. The van der Waals surface area contributed by atoms with Gasteiger partial charge in [-0.15, -0.1) is 11.3 Å². The largest absolute Gasteiger partial charge is 0.494 e. The van der Waals surface area contributed by atoms with Crippen LogP contribution in [0.2, 0.25) is 0 Å². The highest BCUT2D eigenvalue weighted by Crippen LogP contribution is 2.33. The number of thiazole rings is 1. The molecule has 1 fully saturated rings. The number of aryl methyl sites for hydroxylation is 1. The second kappa shape index (κ2) is 8.74. The van der Waals surface area contributed by atoms with Gasteiger partial charge in [0.25, 0.3) is 0 Å². The van der Waals surface area contributed by atoms with Crippen molar-refractivity contribution in [2.24, 2.45) is 0 Å². The number of aromatic nitrogens is 1. The first-order chi connectivity index (χ1) is 13.7. The van der Waals surface area contributed by atoms with Gasteiger partial charge in [-0.25, -0.2) is 4.98 Å². The molecule has 0 N–H and O–H groups in total. The van der Waals surface area contributed by atoms with Gasteiger partial charge in [-0.2, -0.15) is 0 Å². The highest BCUT2D eigenvalue weighted by atomic mass is 32.1. The van der Waals surface area contributed by atoms with Crippen LogP contribution in [0, 0.1) is 0 Å². The molecule has 0 aliphatic carbocycles. The third-order valence-corrected chi connectivity index (χ3v) is 6.36. The second-order valence-electron chi connectivity index (χ2n) is 7.18. The van der Waals surface area contributed by atoms with Gasteiger partial charge < -0.3 is 9.64 Å². The Bertz CT molecular complexity index is 902. The van der Waals surface area contributed by atoms with E-state index < -0.39 is 0 Å². The van der Waals surface area contributed by atoms with Crippen molar-refractivity contribution in [1.82, 2.24) is 9.88 Å². The van der Waals surface area contributed by atoms with E-state index in [9.17, 15) is 4.79 Å². The number of carbonyl (C=O) groups excluding carboxylic acids is 1. The molecule has 4 rings (SSSR count). The summed E-state index contributed by atoms with van der Waals surface area (Å²) in [6.07, 6.45) is 4.42. The smallest absolute Gasteiger partial charge is 0.223 e. The van der Waals surface area contributed by atoms with Crippen molar-refractivity contribution in [3.05, 3.63) is 59.1 Å². The normalized spacial score (nSPS) is 16.6. The molecule has 146 valence electrons. The summed E-state index contributed by atoms with van der Waals surface area (Å²) in [6.45, 7) is 3.51. The summed E-state index contributed by atoms with van der Waals surface area (Å²) >= 11 is 1.74. The molecule has 1 aromatic heterocycles. The lowest BCUT2D eigenvalue weighted by atomic mass is 10.0. The Balaban J connectivity index is 1.34. The average Bonchev–Trinajstić information content (AvgIpc) is 3.35.